The Bertz CT molecular complexity index is 855. The van der Waals surface area contributed by atoms with Crippen molar-refractivity contribution in [3.05, 3.63) is 89.5 Å². The SMILES string of the molecule is COc1ccc([C@H]2c3cccn3CCCN2Cc2ccc(F)cc2)cc1. The van der Waals surface area contributed by atoms with E-state index in [9.17, 15) is 4.39 Å². The Balaban J connectivity index is 1.71. The van der Waals surface area contributed by atoms with Crippen LogP contribution >= 0.6 is 0 Å². The van der Waals surface area contributed by atoms with Gasteiger partial charge in [0, 0.05) is 31.5 Å². The molecular formula is C22H23FN2O. The highest BCUT2D eigenvalue weighted by Gasteiger charge is 2.27. The summed E-state index contributed by atoms with van der Waals surface area (Å²) in [6, 6.07) is 19.7. The van der Waals surface area contributed by atoms with Crippen molar-refractivity contribution in [2.45, 2.75) is 25.6 Å². The van der Waals surface area contributed by atoms with Crippen molar-refractivity contribution >= 4 is 0 Å². The summed E-state index contributed by atoms with van der Waals surface area (Å²) in [6.07, 6.45) is 3.25. The van der Waals surface area contributed by atoms with E-state index >= 15 is 0 Å². The van der Waals surface area contributed by atoms with Crippen LogP contribution in [0.4, 0.5) is 4.39 Å². The van der Waals surface area contributed by atoms with E-state index < -0.39 is 0 Å². The highest BCUT2D eigenvalue weighted by atomic mass is 19.1. The zero-order chi connectivity index (χ0) is 17.9. The normalized spacial score (nSPS) is 17.5. The molecule has 1 aliphatic rings. The first kappa shape index (κ1) is 16.9. The molecule has 0 unspecified atom stereocenters. The van der Waals surface area contributed by atoms with Gasteiger partial charge in [-0.1, -0.05) is 24.3 Å². The maximum Gasteiger partial charge on any atom is 0.123 e. The van der Waals surface area contributed by atoms with E-state index in [4.69, 9.17) is 4.74 Å². The Kier molecular flexibility index (Phi) is 4.76. The van der Waals surface area contributed by atoms with E-state index in [0.717, 1.165) is 37.4 Å². The van der Waals surface area contributed by atoms with Gasteiger partial charge in [-0.2, -0.15) is 0 Å². The molecule has 2 heterocycles. The van der Waals surface area contributed by atoms with E-state index in [0.29, 0.717) is 0 Å². The maximum absolute atomic E-state index is 13.3. The minimum Gasteiger partial charge on any atom is -0.497 e. The topological polar surface area (TPSA) is 17.4 Å². The van der Waals surface area contributed by atoms with Gasteiger partial charge in [0.05, 0.1) is 13.2 Å². The molecular weight excluding hydrogens is 327 g/mol. The lowest BCUT2D eigenvalue weighted by molar-refractivity contribution is 0.220. The van der Waals surface area contributed by atoms with Gasteiger partial charge >= 0.3 is 0 Å². The molecule has 0 fully saturated rings. The van der Waals surface area contributed by atoms with Crippen LogP contribution < -0.4 is 4.74 Å². The van der Waals surface area contributed by atoms with Crippen molar-refractivity contribution in [2.24, 2.45) is 0 Å². The van der Waals surface area contributed by atoms with Crippen LogP contribution in [0.5, 0.6) is 5.75 Å². The molecule has 4 rings (SSSR count). The molecule has 1 aliphatic heterocycles. The molecule has 1 aromatic heterocycles. The first-order chi connectivity index (χ1) is 12.7. The predicted molar refractivity (Wildman–Crippen MR) is 101 cm³/mol. The number of nitrogens with zero attached hydrogens (tertiary/aromatic N) is 2. The van der Waals surface area contributed by atoms with E-state index in [-0.39, 0.29) is 11.9 Å². The van der Waals surface area contributed by atoms with Crippen LogP contribution in [-0.2, 0) is 13.1 Å². The van der Waals surface area contributed by atoms with Gasteiger partial charge in [0.15, 0.2) is 0 Å². The maximum atomic E-state index is 13.3. The van der Waals surface area contributed by atoms with Crippen LogP contribution in [0.3, 0.4) is 0 Å². The Morgan fingerprint density at radius 1 is 1.00 bits per heavy atom. The van der Waals surface area contributed by atoms with Crippen molar-refractivity contribution in [1.82, 2.24) is 9.47 Å². The van der Waals surface area contributed by atoms with Crippen molar-refractivity contribution in [3.8, 4) is 5.75 Å². The number of halogens is 1. The lowest BCUT2D eigenvalue weighted by atomic mass is 10.0. The minimum atomic E-state index is -0.190. The molecule has 1 atom stereocenters. The van der Waals surface area contributed by atoms with E-state index in [1.165, 1.54) is 23.4 Å². The number of hydrogen-bond donors (Lipinski definition) is 0. The standard InChI is InChI=1S/C22H23FN2O/c1-26-20-11-7-18(8-12-20)22-21-4-2-13-24(21)14-3-15-25(22)16-17-5-9-19(23)10-6-17/h2,4-13,22H,3,14-16H2,1H3/t22-/m0/s1. The van der Waals surface area contributed by atoms with E-state index in [2.05, 4.69) is 39.9 Å². The third-order valence-corrected chi connectivity index (χ3v) is 5.08. The second-order valence-electron chi connectivity index (χ2n) is 6.75. The smallest absolute Gasteiger partial charge is 0.123 e. The molecule has 26 heavy (non-hydrogen) atoms. The molecule has 0 amide bonds. The molecule has 0 bridgehead atoms. The zero-order valence-corrected chi connectivity index (χ0v) is 14.9. The summed E-state index contributed by atoms with van der Waals surface area (Å²) in [4.78, 5) is 2.48. The number of ether oxygens (including phenoxy) is 1. The van der Waals surface area contributed by atoms with Gasteiger partial charge in [0.25, 0.3) is 0 Å². The first-order valence-corrected chi connectivity index (χ1v) is 9.02. The second kappa shape index (κ2) is 7.34. The predicted octanol–water partition coefficient (Wildman–Crippen LogP) is 4.63. The number of aryl methyl sites for hydroxylation is 1. The summed E-state index contributed by atoms with van der Waals surface area (Å²) in [6.45, 7) is 2.81. The van der Waals surface area contributed by atoms with Crippen LogP contribution in [0.2, 0.25) is 0 Å². The summed E-state index contributed by atoms with van der Waals surface area (Å²) < 4.78 is 20.9. The monoisotopic (exact) mass is 350 g/mol. The number of hydrogen-bond acceptors (Lipinski definition) is 2. The summed E-state index contributed by atoms with van der Waals surface area (Å²) in [5.41, 5.74) is 3.68. The van der Waals surface area contributed by atoms with Crippen LogP contribution in [-0.4, -0.2) is 23.1 Å². The summed E-state index contributed by atoms with van der Waals surface area (Å²) >= 11 is 0. The van der Waals surface area contributed by atoms with Gasteiger partial charge in [0.1, 0.15) is 11.6 Å². The highest BCUT2D eigenvalue weighted by Crippen LogP contribution is 2.33. The molecule has 0 N–H and O–H groups in total. The fraction of sp³-hybridized carbons (Fsp3) is 0.273. The number of rotatable bonds is 4. The number of methoxy groups -OCH3 is 1. The lowest BCUT2D eigenvalue weighted by Crippen LogP contribution is -2.29. The average molecular weight is 350 g/mol. The minimum absolute atomic E-state index is 0.170. The summed E-state index contributed by atoms with van der Waals surface area (Å²) in [5.74, 6) is 0.674. The van der Waals surface area contributed by atoms with E-state index in [1.54, 1.807) is 7.11 Å². The third-order valence-electron chi connectivity index (χ3n) is 5.08. The molecule has 3 aromatic rings. The molecule has 0 spiro atoms. The van der Waals surface area contributed by atoms with Crippen LogP contribution in [0.1, 0.15) is 29.3 Å². The largest absolute Gasteiger partial charge is 0.497 e. The molecule has 0 aliphatic carbocycles. The quantitative estimate of drug-likeness (QED) is 0.682. The van der Waals surface area contributed by atoms with Gasteiger partial charge in [-0.3, -0.25) is 4.90 Å². The van der Waals surface area contributed by atoms with Crippen molar-refractivity contribution in [1.29, 1.82) is 0 Å². The zero-order valence-electron chi connectivity index (χ0n) is 14.9. The summed E-state index contributed by atoms with van der Waals surface area (Å²) in [7, 11) is 1.69. The molecule has 0 saturated heterocycles. The van der Waals surface area contributed by atoms with Crippen molar-refractivity contribution < 1.29 is 9.13 Å². The van der Waals surface area contributed by atoms with Gasteiger partial charge in [-0.05, 0) is 53.9 Å². The number of benzene rings is 2. The van der Waals surface area contributed by atoms with Crippen LogP contribution in [0, 0.1) is 5.82 Å². The molecule has 134 valence electrons. The molecule has 4 heteroatoms. The van der Waals surface area contributed by atoms with Crippen molar-refractivity contribution in [2.75, 3.05) is 13.7 Å². The third kappa shape index (κ3) is 3.37. The average Bonchev–Trinajstić information content (AvgIpc) is 3.05. The highest BCUT2D eigenvalue weighted by molar-refractivity contribution is 5.34. The summed E-state index contributed by atoms with van der Waals surface area (Å²) in [5, 5.41) is 0. The van der Waals surface area contributed by atoms with Crippen molar-refractivity contribution in [3.63, 3.8) is 0 Å². The second-order valence-corrected chi connectivity index (χ2v) is 6.75. The van der Waals surface area contributed by atoms with Gasteiger partial charge < -0.3 is 9.30 Å². The first-order valence-electron chi connectivity index (χ1n) is 9.02. The Labute approximate surface area is 153 Å². The lowest BCUT2D eigenvalue weighted by Gasteiger charge is -2.30. The van der Waals surface area contributed by atoms with Crippen LogP contribution in [0.25, 0.3) is 0 Å². The van der Waals surface area contributed by atoms with Gasteiger partial charge in [-0.25, -0.2) is 4.39 Å². The fourth-order valence-corrected chi connectivity index (χ4v) is 3.80. The Morgan fingerprint density at radius 2 is 1.77 bits per heavy atom. The van der Waals surface area contributed by atoms with Gasteiger partial charge in [0.2, 0.25) is 0 Å². The van der Waals surface area contributed by atoms with E-state index in [1.807, 2.05) is 24.3 Å². The fourth-order valence-electron chi connectivity index (χ4n) is 3.80. The number of aromatic nitrogens is 1. The Hall–Kier alpha value is -2.59. The molecule has 2 aromatic carbocycles. The molecule has 0 radical (unpaired) electrons. The van der Waals surface area contributed by atoms with Crippen LogP contribution in [0.15, 0.2) is 66.9 Å². The van der Waals surface area contributed by atoms with Gasteiger partial charge in [-0.15, -0.1) is 0 Å². The molecule has 3 nitrogen and oxygen atoms in total. The Morgan fingerprint density at radius 3 is 2.50 bits per heavy atom. The molecule has 0 saturated carbocycles. The number of fused-ring (bicyclic) bond motifs is 1.